The number of hydrogen-bond donors (Lipinski definition) is 0. The molecule has 1 aromatic heterocycles. The summed E-state index contributed by atoms with van der Waals surface area (Å²) in [6.45, 7) is 10.3. The van der Waals surface area contributed by atoms with Gasteiger partial charge in [-0.15, -0.1) is 0 Å². The van der Waals surface area contributed by atoms with Gasteiger partial charge in [0.2, 0.25) is 10.0 Å². The summed E-state index contributed by atoms with van der Waals surface area (Å²) in [7, 11) is -3.63. The van der Waals surface area contributed by atoms with E-state index in [0.717, 1.165) is 48.6 Å². The molecule has 1 atom stereocenters. The highest BCUT2D eigenvalue weighted by Gasteiger charge is 2.47. The van der Waals surface area contributed by atoms with Gasteiger partial charge in [0.25, 0.3) is 0 Å². The van der Waals surface area contributed by atoms with Crippen molar-refractivity contribution >= 4 is 16.1 Å². The molecule has 3 heterocycles. The molecule has 206 valence electrons. The lowest BCUT2D eigenvalue weighted by molar-refractivity contribution is 0.145. The maximum atomic E-state index is 13.9. The van der Waals surface area contributed by atoms with Gasteiger partial charge in [0.15, 0.2) is 0 Å². The summed E-state index contributed by atoms with van der Waals surface area (Å²) in [5.41, 5.74) is 5.02. The van der Waals surface area contributed by atoms with Crippen molar-refractivity contribution in [1.82, 2.24) is 19.0 Å². The van der Waals surface area contributed by atoms with Crippen molar-refractivity contribution in [2.45, 2.75) is 56.8 Å². The van der Waals surface area contributed by atoms with Crippen LogP contribution in [-0.2, 0) is 21.9 Å². The van der Waals surface area contributed by atoms with Crippen molar-refractivity contribution in [3.05, 3.63) is 82.9 Å². The van der Waals surface area contributed by atoms with Crippen molar-refractivity contribution in [2.24, 2.45) is 5.41 Å². The smallest absolute Gasteiger partial charge is 0.243 e. The van der Waals surface area contributed by atoms with Gasteiger partial charge in [-0.25, -0.2) is 17.5 Å². The van der Waals surface area contributed by atoms with Crippen LogP contribution in [0.4, 0.5) is 4.39 Å². The zero-order valence-corrected chi connectivity index (χ0v) is 23.8. The first kappa shape index (κ1) is 26.4. The normalized spacial score (nSPS) is 22.4. The van der Waals surface area contributed by atoms with Crippen LogP contribution < -0.4 is 0 Å². The lowest BCUT2D eigenvalue weighted by Crippen LogP contribution is -2.53. The maximum Gasteiger partial charge on any atom is 0.243 e. The summed E-state index contributed by atoms with van der Waals surface area (Å²) in [4.78, 5) is 2.86. The van der Waals surface area contributed by atoms with Gasteiger partial charge >= 0.3 is 0 Å². The second-order valence-corrected chi connectivity index (χ2v) is 14.4. The maximum absolute atomic E-state index is 13.9. The molecule has 0 saturated carbocycles. The number of fused-ring (bicyclic) bond motifs is 2. The third-order valence-electron chi connectivity index (χ3n) is 8.67. The molecular formula is C31H37FN4O2S. The molecule has 0 radical (unpaired) electrons. The van der Waals surface area contributed by atoms with Crippen molar-refractivity contribution in [1.29, 1.82) is 0 Å². The van der Waals surface area contributed by atoms with E-state index in [-0.39, 0.29) is 16.6 Å². The first-order chi connectivity index (χ1) is 18.5. The Morgan fingerprint density at radius 2 is 1.67 bits per heavy atom. The van der Waals surface area contributed by atoms with Crippen molar-refractivity contribution < 1.29 is 12.8 Å². The highest BCUT2D eigenvalue weighted by Crippen LogP contribution is 2.46. The van der Waals surface area contributed by atoms with E-state index in [2.05, 4.69) is 36.8 Å². The quantitative estimate of drug-likeness (QED) is 0.427. The number of likely N-dealkylation sites (tertiary alicyclic amines) is 1. The predicted octanol–water partition coefficient (Wildman–Crippen LogP) is 5.43. The molecule has 1 unspecified atom stereocenters. The highest BCUT2D eigenvalue weighted by molar-refractivity contribution is 7.89. The second-order valence-electron chi connectivity index (χ2n) is 12.4. The molecule has 6 nitrogen and oxygen atoms in total. The minimum Gasteiger partial charge on any atom is -0.302 e. The summed E-state index contributed by atoms with van der Waals surface area (Å²) in [5, 5.41) is 4.67. The van der Waals surface area contributed by atoms with Crippen LogP contribution in [0.25, 0.3) is 11.8 Å². The minimum absolute atomic E-state index is 0.0366. The fourth-order valence-electron chi connectivity index (χ4n) is 6.48. The molecule has 6 rings (SSSR count). The zero-order chi connectivity index (χ0) is 27.4. The Balaban J connectivity index is 1.34. The summed E-state index contributed by atoms with van der Waals surface area (Å²) < 4.78 is 45.0. The van der Waals surface area contributed by atoms with E-state index in [1.165, 1.54) is 30.5 Å². The summed E-state index contributed by atoms with van der Waals surface area (Å²) >= 11 is 0. The van der Waals surface area contributed by atoms with E-state index in [1.54, 1.807) is 28.6 Å². The fraction of sp³-hybridized carbons (Fsp3) is 0.452. The van der Waals surface area contributed by atoms with Crippen LogP contribution in [0.1, 0.15) is 56.9 Å². The number of benzene rings is 2. The molecule has 1 aliphatic carbocycles. The lowest BCUT2D eigenvalue weighted by Gasteiger charge is -2.47. The second kappa shape index (κ2) is 9.68. The van der Waals surface area contributed by atoms with E-state index in [0.29, 0.717) is 24.4 Å². The van der Waals surface area contributed by atoms with Gasteiger partial charge in [-0.3, -0.25) is 0 Å². The average Bonchev–Trinajstić information content (AvgIpc) is 3.56. The Labute approximate surface area is 231 Å². The first-order valence-corrected chi connectivity index (χ1v) is 15.4. The topological polar surface area (TPSA) is 58.4 Å². The monoisotopic (exact) mass is 548 g/mol. The van der Waals surface area contributed by atoms with Gasteiger partial charge in [-0.05, 0) is 97.8 Å². The summed E-state index contributed by atoms with van der Waals surface area (Å²) in [5.74, 6) is -0.274. The van der Waals surface area contributed by atoms with Crippen LogP contribution in [-0.4, -0.2) is 60.1 Å². The molecular weight excluding hydrogens is 511 g/mol. The third-order valence-corrected chi connectivity index (χ3v) is 10.5. The molecule has 3 aliphatic rings. The minimum atomic E-state index is -3.63. The summed E-state index contributed by atoms with van der Waals surface area (Å²) in [6.07, 6.45) is 7.92. The average molecular weight is 549 g/mol. The van der Waals surface area contributed by atoms with Gasteiger partial charge < -0.3 is 4.90 Å². The molecule has 2 saturated heterocycles. The molecule has 2 aromatic carbocycles. The molecule has 0 amide bonds. The third kappa shape index (κ3) is 4.87. The molecule has 2 aliphatic heterocycles. The molecule has 0 N–H and O–H groups in total. The number of halogens is 1. The van der Waals surface area contributed by atoms with Gasteiger partial charge in [0, 0.05) is 25.0 Å². The Kier molecular flexibility index (Phi) is 6.56. The van der Waals surface area contributed by atoms with Crippen LogP contribution in [0, 0.1) is 11.2 Å². The first-order valence-electron chi connectivity index (χ1n) is 13.9. The van der Waals surface area contributed by atoms with Crippen LogP contribution in [0.15, 0.2) is 65.2 Å². The predicted molar refractivity (Wildman–Crippen MR) is 152 cm³/mol. The molecule has 0 spiro atoms. The molecule has 3 aromatic rings. The van der Waals surface area contributed by atoms with Gasteiger partial charge in [0.05, 0.1) is 22.5 Å². The molecule has 0 bridgehead atoms. The van der Waals surface area contributed by atoms with Crippen molar-refractivity contribution in [3.63, 3.8) is 0 Å². The van der Waals surface area contributed by atoms with E-state index >= 15 is 0 Å². The van der Waals surface area contributed by atoms with E-state index in [1.807, 2.05) is 23.0 Å². The largest absolute Gasteiger partial charge is 0.302 e. The van der Waals surface area contributed by atoms with E-state index in [4.69, 9.17) is 0 Å². The Hall–Kier alpha value is -2.81. The molecule has 8 heteroatoms. The number of aromatic nitrogens is 2. The van der Waals surface area contributed by atoms with E-state index in [9.17, 15) is 12.8 Å². The van der Waals surface area contributed by atoms with Gasteiger partial charge in [-0.2, -0.15) is 9.40 Å². The highest BCUT2D eigenvalue weighted by atomic mass is 32.2. The van der Waals surface area contributed by atoms with Crippen molar-refractivity contribution in [3.8, 4) is 5.69 Å². The zero-order valence-electron chi connectivity index (χ0n) is 23.0. The number of hydrogen-bond acceptors (Lipinski definition) is 4. The van der Waals surface area contributed by atoms with Crippen LogP contribution in [0.3, 0.4) is 0 Å². The Morgan fingerprint density at radius 3 is 2.33 bits per heavy atom. The SMILES string of the molecule is CC(C)(C)c1ccc(S(=O)(=O)N2CCC3=Cc4c(cnn4-c4ccc(F)cc4)CC3(CN3CCCC3)C2)cc1. The Bertz CT molecular complexity index is 1500. The fourth-order valence-corrected chi connectivity index (χ4v) is 8.01. The van der Waals surface area contributed by atoms with Gasteiger partial charge in [0.1, 0.15) is 5.82 Å². The van der Waals surface area contributed by atoms with Crippen LogP contribution in [0.2, 0.25) is 0 Å². The van der Waals surface area contributed by atoms with Crippen LogP contribution >= 0.6 is 0 Å². The summed E-state index contributed by atoms with van der Waals surface area (Å²) in [6, 6.07) is 13.8. The molecule has 39 heavy (non-hydrogen) atoms. The van der Waals surface area contributed by atoms with Crippen LogP contribution in [0.5, 0.6) is 0 Å². The number of rotatable bonds is 5. The lowest BCUT2D eigenvalue weighted by atomic mass is 9.68. The molecule has 2 fully saturated rings. The van der Waals surface area contributed by atoms with Crippen molar-refractivity contribution in [2.75, 3.05) is 32.7 Å². The standard InChI is InChI=1S/C31H37FN4O2S/c1-30(2,3)24-6-12-28(13-7-24)39(37,38)35-17-14-25-18-29-23(19-31(25,22-35)21-34-15-4-5-16-34)20-33-36(29)27-10-8-26(32)9-11-27/h6-13,18,20H,4-5,14-17,19,21-22H2,1-3H3. The number of piperidine rings is 1. The Morgan fingerprint density at radius 1 is 0.974 bits per heavy atom. The van der Waals surface area contributed by atoms with Gasteiger partial charge in [-0.1, -0.05) is 38.5 Å². The number of sulfonamides is 1. The van der Waals surface area contributed by atoms with E-state index < -0.39 is 10.0 Å². The number of nitrogens with zero attached hydrogens (tertiary/aromatic N) is 4.